The zero-order valence-corrected chi connectivity index (χ0v) is 12.0. The van der Waals surface area contributed by atoms with Crippen molar-refractivity contribution in [3.05, 3.63) is 0 Å². The van der Waals surface area contributed by atoms with Crippen LogP contribution in [0.2, 0.25) is 0 Å². The largest absolute Gasteiger partial charge is 0.378 e. The molecule has 0 saturated heterocycles. The van der Waals surface area contributed by atoms with E-state index in [4.69, 9.17) is 4.74 Å². The quantitative estimate of drug-likeness (QED) is 0.755. The van der Waals surface area contributed by atoms with Crippen LogP contribution in [0.3, 0.4) is 0 Å². The number of hydrogen-bond acceptors (Lipinski definition) is 3. The first-order valence-electron chi connectivity index (χ1n) is 6.40. The second kappa shape index (κ2) is 4.21. The van der Waals surface area contributed by atoms with E-state index in [9.17, 15) is 8.42 Å². The van der Waals surface area contributed by atoms with E-state index in [0.29, 0.717) is 6.61 Å². The Labute approximate surface area is 104 Å². The van der Waals surface area contributed by atoms with Crippen LogP contribution in [0, 0.1) is 5.41 Å². The number of rotatable bonds is 5. The lowest BCUT2D eigenvalue weighted by atomic mass is 9.64. The monoisotopic (exact) mass is 261 g/mol. The van der Waals surface area contributed by atoms with Crippen LogP contribution in [0.5, 0.6) is 0 Å². The summed E-state index contributed by atoms with van der Waals surface area (Å²) in [6.07, 6.45) is 2.67. The molecule has 100 valence electrons. The predicted octanol–water partition coefficient (Wildman–Crippen LogP) is 1.61. The summed E-state index contributed by atoms with van der Waals surface area (Å²) in [6, 6.07) is 0.0876. The van der Waals surface area contributed by atoms with Crippen LogP contribution in [0.1, 0.15) is 40.0 Å². The Hall–Kier alpha value is -0.130. The third-order valence-electron chi connectivity index (χ3n) is 4.28. The van der Waals surface area contributed by atoms with E-state index in [1.54, 1.807) is 11.4 Å². The van der Waals surface area contributed by atoms with E-state index in [1.807, 2.05) is 6.92 Å². The van der Waals surface area contributed by atoms with Crippen LogP contribution in [0.4, 0.5) is 0 Å². The van der Waals surface area contributed by atoms with E-state index in [1.165, 1.54) is 0 Å². The zero-order chi connectivity index (χ0) is 12.8. The van der Waals surface area contributed by atoms with Crippen molar-refractivity contribution in [2.24, 2.45) is 5.41 Å². The Morgan fingerprint density at radius 2 is 1.94 bits per heavy atom. The van der Waals surface area contributed by atoms with Crippen LogP contribution in [-0.2, 0) is 14.8 Å². The minimum Gasteiger partial charge on any atom is -0.378 e. The summed E-state index contributed by atoms with van der Waals surface area (Å²) in [4.78, 5) is 0. The molecule has 5 heteroatoms. The summed E-state index contributed by atoms with van der Waals surface area (Å²) >= 11 is 0. The Morgan fingerprint density at radius 3 is 2.35 bits per heavy atom. The van der Waals surface area contributed by atoms with Crippen molar-refractivity contribution < 1.29 is 13.2 Å². The van der Waals surface area contributed by atoms with Gasteiger partial charge in [-0.25, -0.2) is 12.7 Å². The van der Waals surface area contributed by atoms with E-state index >= 15 is 0 Å². The van der Waals surface area contributed by atoms with Gasteiger partial charge in [0.15, 0.2) is 0 Å². The van der Waals surface area contributed by atoms with Gasteiger partial charge in [-0.15, -0.1) is 0 Å². The smallest absolute Gasteiger partial charge is 0.217 e. The molecule has 2 atom stereocenters. The molecule has 0 aromatic heterocycles. The van der Waals surface area contributed by atoms with Crippen LogP contribution in [-0.4, -0.2) is 43.8 Å². The summed E-state index contributed by atoms with van der Waals surface area (Å²) in [6.45, 7) is 6.87. The molecule has 2 aliphatic carbocycles. The van der Waals surface area contributed by atoms with Gasteiger partial charge in [0.2, 0.25) is 10.0 Å². The topological polar surface area (TPSA) is 46.6 Å². The number of hydrogen-bond donors (Lipinski definition) is 0. The number of nitrogens with zero attached hydrogens (tertiary/aromatic N) is 1. The number of ether oxygens (including phenoxy) is 1. The molecule has 4 nitrogen and oxygen atoms in total. The van der Waals surface area contributed by atoms with Gasteiger partial charge in [-0.2, -0.15) is 0 Å². The van der Waals surface area contributed by atoms with Gasteiger partial charge in [0.1, 0.15) is 0 Å². The highest BCUT2D eigenvalue weighted by molar-refractivity contribution is 7.90. The van der Waals surface area contributed by atoms with E-state index in [-0.39, 0.29) is 22.8 Å². The van der Waals surface area contributed by atoms with Gasteiger partial charge in [0, 0.05) is 25.1 Å². The van der Waals surface area contributed by atoms with E-state index < -0.39 is 10.0 Å². The molecule has 0 amide bonds. The van der Waals surface area contributed by atoms with Crippen molar-refractivity contribution >= 4 is 10.0 Å². The number of sulfonamides is 1. The summed E-state index contributed by atoms with van der Waals surface area (Å²) in [7, 11) is -1.33. The lowest BCUT2D eigenvalue weighted by Gasteiger charge is -2.54. The standard InChI is InChI=1S/C12H23NO3S/c1-5-16-11-8-10(12(11,2)3)13(4)17(14,15)9-6-7-9/h9-11H,5-8H2,1-4H3. The van der Waals surface area contributed by atoms with E-state index in [0.717, 1.165) is 19.3 Å². The highest BCUT2D eigenvalue weighted by Crippen LogP contribution is 2.47. The maximum absolute atomic E-state index is 12.2. The first-order valence-corrected chi connectivity index (χ1v) is 7.90. The molecule has 2 fully saturated rings. The Kier molecular flexibility index (Phi) is 3.30. The molecular weight excluding hydrogens is 238 g/mol. The highest BCUT2D eigenvalue weighted by atomic mass is 32.2. The molecule has 2 unspecified atom stereocenters. The normalized spacial score (nSPS) is 32.5. The molecule has 0 aromatic carbocycles. The van der Waals surface area contributed by atoms with Crippen molar-refractivity contribution in [2.45, 2.75) is 57.4 Å². The minimum absolute atomic E-state index is 0.0767. The second-order valence-corrected chi connectivity index (χ2v) is 8.05. The molecule has 2 rings (SSSR count). The average molecular weight is 261 g/mol. The van der Waals surface area contributed by atoms with Crippen LogP contribution >= 0.6 is 0 Å². The highest BCUT2D eigenvalue weighted by Gasteiger charge is 2.54. The molecule has 0 spiro atoms. The molecule has 0 N–H and O–H groups in total. The van der Waals surface area contributed by atoms with Crippen molar-refractivity contribution in [2.75, 3.05) is 13.7 Å². The second-order valence-electron chi connectivity index (χ2n) is 5.78. The van der Waals surface area contributed by atoms with Crippen molar-refractivity contribution in [1.29, 1.82) is 0 Å². The molecule has 0 aromatic rings. The van der Waals surface area contributed by atoms with Gasteiger partial charge in [-0.1, -0.05) is 13.8 Å². The summed E-state index contributed by atoms with van der Waals surface area (Å²) in [5, 5.41) is -0.116. The SMILES string of the molecule is CCOC1CC(N(C)S(=O)(=O)C2CC2)C1(C)C. The fraction of sp³-hybridized carbons (Fsp3) is 1.00. The van der Waals surface area contributed by atoms with Crippen molar-refractivity contribution in [1.82, 2.24) is 4.31 Å². The van der Waals surface area contributed by atoms with Crippen LogP contribution < -0.4 is 0 Å². The fourth-order valence-corrected chi connectivity index (χ4v) is 4.66. The summed E-state index contributed by atoms with van der Waals surface area (Å²) in [5.74, 6) is 0. The minimum atomic E-state index is -3.06. The lowest BCUT2D eigenvalue weighted by Crippen LogP contribution is -2.62. The third kappa shape index (κ3) is 2.13. The molecule has 17 heavy (non-hydrogen) atoms. The van der Waals surface area contributed by atoms with Crippen molar-refractivity contribution in [3.8, 4) is 0 Å². The maximum atomic E-state index is 12.2. The van der Waals surface area contributed by atoms with Crippen molar-refractivity contribution in [3.63, 3.8) is 0 Å². The molecule has 2 saturated carbocycles. The summed E-state index contributed by atoms with van der Waals surface area (Å²) in [5.41, 5.74) is -0.0767. The Morgan fingerprint density at radius 1 is 1.35 bits per heavy atom. The molecule has 0 bridgehead atoms. The maximum Gasteiger partial charge on any atom is 0.217 e. The van der Waals surface area contributed by atoms with Gasteiger partial charge in [-0.3, -0.25) is 0 Å². The first kappa shape index (κ1) is 13.3. The molecule has 0 radical (unpaired) electrons. The van der Waals surface area contributed by atoms with Crippen LogP contribution in [0.15, 0.2) is 0 Å². The zero-order valence-electron chi connectivity index (χ0n) is 11.1. The Balaban J connectivity index is 2.05. The van der Waals surface area contributed by atoms with E-state index in [2.05, 4.69) is 13.8 Å². The third-order valence-corrected chi connectivity index (χ3v) is 6.65. The van der Waals surface area contributed by atoms with Gasteiger partial charge < -0.3 is 4.74 Å². The molecule has 0 heterocycles. The molecule has 2 aliphatic rings. The predicted molar refractivity (Wildman–Crippen MR) is 67.3 cm³/mol. The fourth-order valence-electron chi connectivity index (χ4n) is 2.74. The molecular formula is C12H23NO3S. The Bertz CT molecular complexity index is 387. The first-order chi connectivity index (χ1) is 7.81. The van der Waals surface area contributed by atoms with Gasteiger partial charge in [-0.05, 0) is 26.2 Å². The van der Waals surface area contributed by atoms with Gasteiger partial charge >= 0.3 is 0 Å². The van der Waals surface area contributed by atoms with Crippen LogP contribution in [0.25, 0.3) is 0 Å². The lowest BCUT2D eigenvalue weighted by molar-refractivity contribution is -0.129. The average Bonchev–Trinajstić information content (AvgIpc) is 3.06. The summed E-state index contributed by atoms with van der Waals surface area (Å²) < 4.78 is 31.6. The van der Waals surface area contributed by atoms with Gasteiger partial charge in [0.25, 0.3) is 0 Å². The molecule has 0 aliphatic heterocycles. The van der Waals surface area contributed by atoms with Gasteiger partial charge in [0.05, 0.1) is 11.4 Å².